The summed E-state index contributed by atoms with van der Waals surface area (Å²) in [5.74, 6) is 0.117. The van der Waals surface area contributed by atoms with Crippen molar-refractivity contribution in [2.75, 3.05) is 18.9 Å². The van der Waals surface area contributed by atoms with Crippen LogP contribution in [-0.2, 0) is 9.59 Å². The second kappa shape index (κ2) is 4.86. The van der Waals surface area contributed by atoms with Gasteiger partial charge in [-0.15, -0.1) is 0 Å². The van der Waals surface area contributed by atoms with Crippen LogP contribution in [-0.4, -0.2) is 29.9 Å². The van der Waals surface area contributed by atoms with E-state index in [-0.39, 0.29) is 18.4 Å². The van der Waals surface area contributed by atoms with Crippen molar-refractivity contribution in [3.8, 4) is 5.75 Å². The second-order valence-corrected chi connectivity index (χ2v) is 3.90. The molecule has 1 heterocycles. The van der Waals surface area contributed by atoms with E-state index >= 15 is 0 Å². The Morgan fingerprint density at radius 3 is 2.94 bits per heavy atom. The zero-order valence-corrected chi connectivity index (χ0v) is 9.39. The third kappa shape index (κ3) is 2.75. The zero-order valence-electron chi connectivity index (χ0n) is 9.39. The third-order valence-corrected chi connectivity index (χ3v) is 2.59. The maximum Gasteiger partial charge on any atom is 0.267 e. The van der Waals surface area contributed by atoms with E-state index in [0.29, 0.717) is 24.4 Å². The molecule has 0 spiro atoms. The van der Waals surface area contributed by atoms with Crippen LogP contribution < -0.4 is 10.5 Å². The molecule has 90 valence electrons. The fourth-order valence-corrected chi connectivity index (χ4v) is 1.74. The third-order valence-electron chi connectivity index (χ3n) is 2.59. The van der Waals surface area contributed by atoms with Gasteiger partial charge in [0.25, 0.3) is 5.91 Å². The van der Waals surface area contributed by atoms with Crippen molar-refractivity contribution >= 4 is 17.5 Å². The monoisotopic (exact) mass is 234 g/mol. The summed E-state index contributed by atoms with van der Waals surface area (Å²) in [4.78, 5) is 24.2. The normalized spacial score (nSPS) is 15.1. The summed E-state index contributed by atoms with van der Waals surface area (Å²) < 4.78 is 5.29. The lowest BCUT2D eigenvalue weighted by atomic mass is 10.3. The van der Waals surface area contributed by atoms with E-state index in [1.807, 2.05) is 0 Å². The number of hydrogen-bond donors (Lipinski definition) is 1. The number of imide groups is 1. The minimum absolute atomic E-state index is 0.119. The number of ether oxygens (including phenoxy) is 1. The predicted octanol–water partition coefficient (Wildman–Crippen LogP) is 0.797. The molecule has 0 bridgehead atoms. The van der Waals surface area contributed by atoms with Gasteiger partial charge in [0.2, 0.25) is 5.91 Å². The van der Waals surface area contributed by atoms with Gasteiger partial charge in [-0.05, 0) is 18.6 Å². The summed E-state index contributed by atoms with van der Waals surface area (Å²) in [7, 11) is 0. The molecule has 1 aromatic carbocycles. The number of nitrogens with zero attached hydrogens (tertiary/aromatic N) is 1. The molecule has 1 fully saturated rings. The molecule has 1 aromatic rings. The molecular formula is C12H14N2O3. The van der Waals surface area contributed by atoms with E-state index in [4.69, 9.17) is 10.5 Å². The topological polar surface area (TPSA) is 72.6 Å². The van der Waals surface area contributed by atoms with Gasteiger partial charge in [0.15, 0.2) is 6.61 Å². The maximum absolute atomic E-state index is 11.7. The van der Waals surface area contributed by atoms with Crippen molar-refractivity contribution < 1.29 is 14.3 Å². The lowest BCUT2D eigenvalue weighted by molar-refractivity contribution is -0.143. The number of carbonyl (C=O) groups excluding carboxylic acids is 2. The van der Waals surface area contributed by atoms with Crippen LogP contribution in [0.25, 0.3) is 0 Å². The van der Waals surface area contributed by atoms with Gasteiger partial charge in [-0.2, -0.15) is 0 Å². The van der Waals surface area contributed by atoms with Crippen LogP contribution >= 0.6 is 0 Å². The van der Waals surface area contributed by atoms with E-state index in [0.717, 1.165) is 6.42 Å². The number of anilines is 1. The Labute approximate surface area is 99.2 Å². The Hall–Kier alpha value is -2.04. The highest BCUT2D eigenvalue weighted by molar-refractivity contribution is 5.97. The highest BCUT2D eigenvalue weighted by Gasteiger charge is 2.26. The molecule has 5 heteroatoms. The summed E-state index contributed by atoms with van der Waals surface area (Å²) in [6, 6.07) is 6.84. The van der Waals surface area contributed by atoms with Crippen molar-refractivity contribution in [1.82, 2.24) is 4.90 Å². The number of nitrogens with two attached hydrogens (primary N) is 1. The Kier molecular flexibility index (Phi) is 3.27. The molecule has 1 aliphatic rings. The quantitative estimate of drug-likeness (QED) is 0.785. The molecule has 2 rings (SSSR count). The first kappa shape index (κ1) is 11.4. The van der Waals surface area contributed by atoms with Crippen LogP contribution in [0.2, 0.25) is 0 Å². The average Bonchev–Trinajstić information content (AvgIpc) is 2.72. The molecule has 17 heavy (non-hydrogen) atoms. The standard InChI is InChI=1S/C12H14N2O3/c13-9-3-1-4-10(7-9)17-8-12(16)14-6-2-5-11(14)15/h1,3-4,7H,2,5-6,8,13H2. The van der Waals surface area contributed by atoms with Crippen LogP contribution in [0.4, 0.5) is 5.69 Å². The Morgan fingerprint density at radius 2 is 2.29 bits per heavy atom. The molecule has 0 atom stereocenters. The Balaban J connectivity index is 1.90. The summed E-state index contributed by atoms with van der Waals surface area (Å²) in [5.41, 5.74) is 6.16. The fourth-order valence-electron chi connectivity index (χ4n) is 1.74. The van der Waals surface area contributed by atoms with Crippen molar-refractivity contribution in [1.29, 1.82) is 0 Å². The smallest absolute Gasteiger partial charge is 0.267 e. The minimum Gasteiger partial charge on any atom is -0.484 e. The number of carbonyl (C=O) groups is 2. The van der Waals surface area contributed by atoms with E-state index in [2.05, 4.69) is 0 Å². The summed E-state index contributed by atoms with van der Waals surface area (Å²) in [6.45, 7) is 0.368. The summed E-state index contributed by atoms with van der Waals surface area (Å²) in [5, 5.41) is 0. The van der Waals surface area contributed by atoms with Gasteiger partial charge < -0.3 is 10.5 Å². The predicted molar refractivity (Wildman–Crippen MR) is 62.3 cm³/mol. The number of benzene rings is 1. The molecule has 0 aromatic heterocycles. The van der Waals surface area contributed by atoms with Crippen LogP contribution in [0.1, 0.15) is 12.8 Å². The Bertz CT molecular complexity index is 445. The summed E-state index contributed by atoms with van der Waals surface area (Å²) >= 11 is 0. The molecule has 5 nitrogen and oxygen atoms in total. The highest BCUT2D eigenvalue weighted by Crippen LogP contribution is 2.15. The Morgan fingerprint density at radius 1 is 1.47 bits per heavy atom. The summed E-state index contributed by atoms with van der Waals surface area (Å²) in [6.07, 6.45) is 1.19. The zero-order chi connectivity index (χ0) is 12.3. The van der Waals surface area contributed by atoms with Crippen LogP contribution in [0.15, 0.2) is 24.3 Å². The molecule has 1 aliphatic heterocycles. The van der Waals surface area contributed by atoms with E-state index in [1.165, 1.54) is 4.90 Å². The molecule has 1 saturated heterocycles. The van der Waals surface area contributed by atoms with Crippen LogP contribution in [0, 0.1) is 0 Å². The number of likely N-dealkylation sites (tertiary alicyclic amines) is 1. The van der Waals surface area contributed by atoms with Gasteiger partial charge in [-0.1, -0.05) is 6.07 Å². The molecular weight excluding hydrogens is 220 g/mol. The van der Waals surface area contributed by atoms with Crippen LogP contribution in [0.5, 0.6) is 5.75 Å². The van der Waals surface area contributed by atoms with Crippen molar-refractivity contribution in [3.05, 3.63) is 24.3 Å². The average molecular weight is 234 g/mol. The van der Waals surface area contributed by atoms with Crippen molar-refractivity contribution in [2.45, 2.75) is 12.8 Å². The lowest BCUT2D eigenvalue weighted by Gasteiger charge is -2.14. The van der Waals surface area contributed by atoms with Gasteiger partial charge in [0.1, 0.15) is 5.75 Å². The van der Waals surface area contributed by atoms with Gasteiger partial charge in [0.05, 0.1) is 0 Å². The maximum atomic E-state index is 11.7. The first-order valence-corrected chi connectivity index (χ1v) is 5.48. The van der Waals surface area contributed by atoms with E-state index < -0.39 is 0 Å². The van der Waals surface area contributed by atoms with Gasteiger partial charge in [-0.3, -0.25) is 14.5 Å². The SMILES string of the molecule is Nc1cccc(OCC(=O)N2CCCC2=O)c1. The first-order valence-electron chi connectivity index (χ1n) is 5.48. The minimum atomic E-state index is -0.296. The largest absolute Gasteiger partial charge is 0.484 e. The van der Waals surface area contributed by atoms with E-state index in [9.17, 15) is 9.59 Å². The first-order chi connectivity index (χ1) is 8.16. The lowest BCUT2D eigenvalue weighted by Crippen LogP contribution is -2.35. The number of rotatable bonds is 3. The molecule has 0 saturated carbocycles. The van der Waals surface area contributed by atoms with Gasteiger partial charge in [-0.25, -0.2) is 0 Å². The van der Waals surface area contributed by atoms with Gasteiger partial charge >= 0.3 is 0 Å². The van der Waals surface area contributed by atoms with Crippen molar-refractivity contribution in [3.63, 3.8) is 0 Å². The molecule has 0 radical (unpaired) electrons. The number of hydrogen-bond acceptors (Lipinski definition) is 4. The fraction of sp³-hybridized carbons (Fsp3) is 0.333. The molecule has 0 aliphatic carbocycles. The van der Waals surface area contributed by atoms with Gasteiger partial charge in [0, 0.05) is 24.7 Å². The highest BCUT2D eigenvalue weighted by atomic mass is 16.5. The number of nitrogen functional groups attached to an aromatic ring is 1. The number of amides is 2. The second-order valence-electron chi connectivity index (χ2n) is 3.90. The van der Waals surface area contributed by atoms with Crippen LogP contribution in [0.3, 0.4) is 0 Å². The molecule has 2 amide bonds. The molecule has 0 unspecified atom stereocenters. The molecule has 2 N–H and O–H groups in total. The van der Waals surface area contributed by atoms with Crippen molar-refractivity contribution in [2.24, 2.45) is 0 Å². The van der Waals surface area contributed by atoms with E-state index in [1.54, 1.807) is 24.3 Å².